The second-order valence-electron chi connectivity index (χ2n) is 4.32. The molecule has 0 aliphatic carbocycles. The number of nitrogens with one attached hydrogen (secondary N) is 2. The van der Waals surface area contributed by atoms with Crippen LogP contribution in [0.25, 0.3) is 0 Å². The van der Waals surface area contributed by atoms with Crippen LogP contribution in [0.1, 0.15) is 11.1 Å². The number of carbonyl (C=O) groups excluding carboxylic acids is 2. The molecule has 0 unspecified atom stereocenters. The van der Waals surface area contributed by atoms with E-state index < -0.39 is 17.8 Å². The third-order valence-corrected chi connectivity index (χ3v) is 2.27. The number of carboxylic acid groups (broad SMARTS) is 1. The predicted molar refractivity (Wildman–Crippen MR) is 74.5 cm³/mol. The van der Waals surface area contributed by atoms with Crippen molar-refractivity contribution in [2.45, 2.75) is 13.8 Å². The minimum absolute atomic E-state index is 0.272. The van der Waals surface area contributed by atoms with E-state index in [4.69, 9.17) is 9.84 Å². The van der Waals surface area contributed by atoms with E-state index in [0.717, 1.165) is 17.2 Å². The third-order valence-electron chi connectivity index (χ3n) is 2.27. The van der Waals surface area contributed by atoms with Crippen LogP contribution in [0.4, 0.5) is 0 Å². The highest BCUT2D eigenvalue weighted by atomic mass is 16.5. The molecule has 1 rings (SSSR count). The molecule has 0 aliphatic rings. The number of hydrogen-bond acceptors (Lipinski definition) is 4. The lowest BCUT2D eigenvalue weighted by molar-refractivity contribution is -0.131. The first-order chi connectivity index (χ1) is 9.86. The molecule has 2 amide bonds. The molecule has 0 spiro atoms. The zero-order valence-corrected chi connectivity index (χ0v) is 11.7. The summed E-state index contributed by atoms with van der Waals surface area (Å²) >= 11 is 0. The summed E-state index contributed by atoms with van der Waals surface area (Å²) in [5.41, 5.74) is 6.15. The molecule has 0 aromatic heterocycles. The maximum absolute atomic E-state index is 11.4. The summed E-state index contributed by atoms with van der Waals surface area (Å²) in [5.74, 6) is -2.02. The SMILES string of the molecule is Cc1cc(C)cc(OCC(=O)NNC(=O)/C=C/C(=O)O)c1. The molecule has 0 bridgehead atoms. The maximum atomic E-state index is 11.4. The Balaban J connectivity index is 2.37. The number of hydrogen-bond donors (Lipinski definition) is 3. The van der Waals surface area contributed by atoms with Crippen molar-refractivity contribution < 1.29 is 24.2 Å². The van der Waals surface area contributed by atoms with Crippen molar-refractivity contribution in [3.63, 3.8) is 0 Å². The molecule has 0 aliphatic heterocycles. The minimum atomic E-state index is -1.25. The molecular weight excluding hydrogens is 276 g/mol. The van der Waals surface area contributed by atoms with Gasteiger partial charge in [0.25, 0.3) is 11.8 Å². The molecule has 0 heterocycles. The number of carboxylic acids is 1. The van der Waals surface area contributed by atoms with Gasteiger partial charge in [0.2, 0.25) is 0 Å². The zero-order valence-electron chi connectivity index (χ0n) is 11.7. The number of hydrazine groups is 1. The molecule has 1 aromatic carbocycles. The fraction of sp³-hybridized carbons (Fsp3) is 0.214. The average Bonchev–Trinajstić information content (AvgIpc) is 2.39. The van der Waals surface area contributed by atoms with Gasteiger partial charge in [0.1, 0.15) is 5.75 Å². The van der Waals surface area contributed by atoms with E-state index in [1.165, 1.54) is 0 Å². The predicted octanol–water partition coefficient (Wildman–Crippen LogP) is 0.470. The van der Waals surface area contributed by atoms with Crippen LogP contribution in [0, 0.1) is 13.8 Å². The number of benzene rings is 1. The van der Waals surface area contributed by atoms with Crippen LogP contribution in [0.15, 0.2) is 30.4 Å². The van der Waals surface area contributed by atoms with Gasteiger partial charge in [0.05, 0.1) is 0 Å². The highest BCUT2D eigenvalue weighted by molar-refractivity contribution is 5.94. The Morgan fingerprint density at radius 2 is 1.71 bits per heavy atom. The molecule has 0 fully saturated rings. The number of rotatable bonds is 5. The van der Waals surface area contributed by atoms with Gasteiger partial charge in [-0.3, -0.25) is 20.4 Å². The monoisotopic (exact) mass is 292 g/mol. The highest BCUT2D eigenvalue weighted by Crippen LogP contribution is 2.15. The van der Waals surface area contributed by atoms with E-state index in [2.05, 4.69) is 5.43 Å². The van der Waals surface area contributed by atoms with Crippen molar-refractivity contribution in [3.05, 3.63) is 41.5 Å². The minimum Gasteiger partial charge on any atom is -0.484 e. The lowest BCUT2D eigenvalue weighted by atomic mass is 10.1. The van der Waals surface area contributed by atoms with E-state index in [1.54, 1.807) is 12.1 Å². The first-order valence-electron chi connectivity index (χ1n) is 6.08. The van der Waals surface area contributed by atoms with E-state index >= 15 is 0 Å². The standard InChI is InChI=1S/C14H16N2O5/c1-9-5-10(2)7-11(6-9)21-8-13(18)16-15-12(17)3-4-14(19)20/h3-7H,8H2,1-2H3,(H,15,17)(H,16,18)(H,19,20)/b4-3+. The number of ether oxygens (including phenoxy) is 1. The van der Waals surface area contributed by atoms with Crippen molar-refractivity contribution in [3.8, 4) is 5.75 Å². The van der Waals surface area contributed by atoms with Crippen LogP contribution in [0.5, 0.6) is 5.75 Å². The number of aliphatic carboxylic acids is 1. The lowest BCUT2D eigenvalue weighted by Gasteiger charge is -2.09. The second kappa shape index (κ2) is 7.68. The van der Waals surface area contributed by atoms with Crippen LogP contribution in [-0.2, 0) is 14.4 Å². The molecule has 21 heavy (non-hydrogen) atoms. The molecule has 0 radical (unpaired) electrons. The fourth-order valence-corrected chi connectivity index (χ4v) is 1.52. The highest BCUT2D eigenvalue weighted by Gasteiger charge is 2.04. The summed E-state index contributed by atoms with van der Waals surface area (Å²) in [6, 6.07) is 5.55. The van der Waals surface area contributed by atoms with Gasteiger partial charge in [-0.15, -0.1) is 0 Å². The number of carbonyl (C=O) groups is 3. The van der Waals surface area contributed by atoms with Crippen molar-refractivity contribution in [2.24, 2.45) is 0 Å². The Kier molecular flexibility index (Phi) is 5.94. The summed E-state index contributed by atoms with van der Waals surface area (Å²) in [5, 5.41) is 8.32. The fourth-order valence-electron chi connectivity index (χ4n) is 1.52. The summed E-state index contributed by atoms with van der Waals surface area (Å²) in [6.45, 7) is 3.55. The lowest BCUT2D eigenvalue weighted by Crippen LogP contribution is -2.43. The van der Waals surface area contributed by atoms with Crippen LogP contribution in [-0.4, -0.2) is 29.5 Å². The molecule has 112 valence electrons. The van der Waals surface area contributed by atoms with Gasteiger partial charge < -0.3 is 9.84 Å². The van der Waals surface area contributed by atoms with E-state index in [1.807, 2.05) is 25.3 Å². The van der Waals surface area contributed by atoms with Crippen LogP contribution in [0.3, 0.4) is 0 Å². The summed E-state index contributed by atoms with van der Waals surface area (Å²) in [4.78, 5) is 32.7. The number of aryl methyl sites for hydroxylation is 2. The van der Waals surface area contributed by atoms with Gasteiger partial charge in [0.15, 0.2) is 6.61 Å². The molecule has 0 atom stereocenters. The molecule has 0 saturated heterocycles. The van der Waals surface area contributed by atoms with Crippen LogP contribution in [0.2, 0.25) is 0 Å². The number of amides is 2. The van der Waals surface area contributed by atoms with Gasteiger partial charge in [-0.2, -0.15) is 0 Å². The van der Waals surface area contributed by atoms with Crippen molar-refractivity contribution in [2.75, 3.05) is 6.61 Å². The van der Waals surface area contributed by atoms with Gasteiger partial charge in [-0.1, -0.05) is 6.07 Å². The Bertz CT molecular complexity index is 560. The smallest absolute Gasteiger partial charge is 0.328 e. The molecular formula is C14H16N2O5. The second-order valence-corrected chi connectivity index (χ2v) is 4.32. The quantitative estimate of drug-likeness (QED) is 0.540. The summed E-state index contributed by atoms with van der Waals surface area (Å²) in [6.07, 6.45) is 1.45. The van der Waals surface area contributed by atoms with Crippen molar-refractivity contribution >= 4 is 17.8 Å². The van der Waals surface area contributed by atoms with Crippen molar-refractivity contribution in [1.82, 2.24) is 10.9 Å². The van der Waals surface area contributed by atoms with Crippen LogP contribution < -0.4 is 15.6 Å². The molecule has 1 aromatic rings. The van der Waals surface area contributed by atoms with Gasteiger partial charge in [-0.25, -0.2) is 4.79 Å². The topological polar surface area (TPSA) is 105 Å². The van der Waals surface area contributed by atoms with Gasteiger partial charge >= 0.3 is 5.97 Å². The van der Waals surface area contributed by atoms with Crippen LogP contribution >= 0.6 is 0 Å². The molecule has 7 heteroatoms. The van der Waals surface area contributed by atoms with Crippen molar-refractivity contribution in [1.29, 1.82) is 0 Å². The summed E-state index contributed by atoms with van der Waals surface area (Å²) in [7, 11) is 0. The average molecular weight is 292 g/mol. The maximum Gasteiger partial charge on any atom is 0.328 e. The normalized spacial score (nSPS) is 10.2. The Morgan fingerprint density at radius 1 is 1.10 bits per heavy atom. The Hall–Kier alpha value is -2.83. The Morgan fingerprint density at radius 3 is 2.29 bits per heavy atom. The summed E-state index contributed by atoms with van der Waals surface area (Å²) < 4.78 is 5.28. The molecule has 0 saturated carbocycles. The van der Waals surface area contributed by atoms with E-state index in [-0.39, 0.29) is 6.61 Å². The largest absolute Gasteiger partial charge is 0.484 e. The first-order valence-corrected chi connectivity index (χ1v) is 6.08. The van der Waals surface area contributed by atoms with Gasteiger partial charge in [0, 0.05) is 12.2 Å². The molecule has 3 N–H and O–H groups in total. The van der Waals surface area contributed by atoms with Gasteiger partial charge in [-0.05, 0) is 37.1 Å². The van der Waals surface area contributed by atoms with E-state index in [0.29, 0.717) is 11.8 Å². The zero-order chi connectivity index (χ0) is 15.8. The van der Waals surface area contributed by atoms with E-state index in [9.17, 15) is 14.4 Å². The first kappa shape index (κ1) is 16.2. The molecule has 7 nitrogen and oxygen atoms in total. The third kappa shape index (κ3) is 6.76. The Labute approximate surface area is 121 Å².